The number of hydrogen-bond acceptors (Lipinski definition) is 3. The van der Waals surface area contributed by atoms with Crippen LogP contribution in [0.1, 0.15) is 29.3 Å². The molecule has 2 aromatic rings. The summed E-state index contributed by atoms with van der Waals surface area (Å²) in [4.78, 5) is 15.5. The number of aryl methyl sites for hydroxylation is 1. The lowest BCUT2D eigenvalue weighted by Gasteiger charge is -2.25. The second kappa shape index (κ2) is 5.77. The number of amides is 1. The number of thiophene rings is 1. The molecule has 1 aromatic carbocycles. The van der Waals surface area contributed by atoms with Crippen LogP contribution < -0.4 is 10.6 Å². The Morgan fingerprint density at radius 2 is 2.05 bits per heavy atom. The normalized spacial score (nSPS) is 16.4. The van der Waals surface area contributed by atoms with Gasteiger partial charge in [-0.05, 0) is 42.3 Å². The molecule has 4 heteroatoms. The molecule has 0 spiro atoms. The molecule has 2 N–H and O–H groups in total. The number of benzene rings is 1. The Kier molecular flexibility index (Phi) is 3.85. The summed E-state index contributed by atoms with van der Waals surface area (Å²) in [6.45, 7) is 0.759. The number of hydrogen-bond donors (Lipinski definition) is 1. The van der Waals surface area contributed by atoms with Gasteiger partial charge in [-0.1, -0.05) is 24.3 Å². The molecular formula is C16H18N2OS. The van der Waals surface area contributed by atoms with E-state index >= 15 is 0 Å². The lowest BCUT2D eigenvalue weighted by molar-refractivity contribution is -0.119. The highest BCUT2D eigenvalue weighted by Gasteiger charge is 2.26. The summed E-state index contributed by atoms with van der Waals surface area (Å²) in [5, 5.41) is 1.96. The summed E-state index contributed by atoms with van der Waals surface area (Å²) in [5.41, 5.74) is 8.42. The van der Waals surface area contributed by atoms with Crippen LogP contribution in [0, 0.1) is 0 Å². The van der Waals surface area contributed by atoms with Crippen molar-refractivity contribution in [1.29, 1.82) is 0 Å². The van der Waals surface area contributed by atoms with E-state index in [0.29, 0.717) is 0 Å². The molecule has 2 heterocycles. The molecule has 1 amide bonds. The van der Waals surface area contributed by atoms with Gasteiger partial charge in [0.15, 0.2) is 0 Å². The molecule has 104 valence electrons. The van der Waals surface area contributed by atoms with E-state index in [4.69, 9.17) is 5.73 Å². The van der Waals surface area contributed by atoms with E-state index in [9.17, 15) is 4.79 Å². The standard InChI is InChI=1S/C16H18N2OS/c17-15(14-9-5-11-20-14)16(19)18-10-4-3-7-12-6-1-2-8-13(12)18/h1-2,5-6,8-9,11,15H,3-4,7,10,17H2. The predicted molar refractivity (Wildman–Crippen MR) is 83.0 cm³/mol. The average Bonchev–Trinajstić information content (AvgIpc) is 2.93. The monoisotopic (exact) mass is 286 g/mol. The van der Waals surface area contributed by atoms with Crippen LogP contribution in [0.3, 0.4) is 0 Å². The molecule has 1 unspecified atom stereocenters. The maximum absolute atomic E-state index is 12.7. The van der Waals surface area contributed by atoms with Crippen molar-refractivity contribution in [3.63, 3.8) is 0 Å². The molecule has 20 heavy (non-hydrogen) atoms. The van der Waals surface area contributed by atoms with Crippen molar-refractivity contribution in [3.8, 4) is 0 Å². The number of fused-ring (bicyclic) bond motifs is 1. The molecule has 0 saturated carbocycles. The molecule has 0 fully saturated rings. The van der Waals surface area contributed by atoms with Crippen LogP contribution in [0.15, 0.2) is 41.8 Å². The van der Waals surface area contributed by atoms with Gasteiger partial charge in [0.2, 0.25) is 5.91 Å². The second-order valence-corrected chi connectivity index (χ2v) is 6.05. The number of nitrogens with two attached hydrogens (primary N) is 1. The predicted octanol–water partition coefficient (Wildman–Crippen LogP) is 3.12. The van der Waals surface area contributed by atoms with Crippen molar-refractivity contribution >= 4 is 22.9 Å². The highest BCUT2D eigenvalue weighted by molar-refractivity contribution is 7.10. The minimum Gasteiger partial charge on any atom is -0.316 e. The summed E-state index contributed by atoms with van der Waals surface area (Å²) < 4.78 is 0. The van der Waals surface area contributed by atoms with Gasteiger partial charge in [-0.2, -0.15) is 0 Å². The lowest BCUT2D eigenvalue weighted by atomic mass is 10.1. The molecule has 1 aromatic heterocycles. The summed E-state index contributed by atoms with van der Waals surface area (Å²) in [5.74, 6) is 0.00167. The first-order chi connectivity index (χ1) is 9.77. The van der Waals surface area contributed by atoms with Gasteiger partial charge in [0.05, 0.1) is 0 Å². The molecule has 1 atom stereocenters. The first-order valence-electron chi connectivity index (χ1n) is 6.95. The Morgan fingerprint density at radius 1 is 1.20 bits per heavy atom. The Balaban J connectivity index is 1.91. The van der Waals surface area contributed by atoms with Crippen LogP contribution in [0.2, 0.25) is 0 Å². The Morgan fingerprint density at radius 3 is 2.85 bits per heavy atom. The Labute approximate surface area is 123 Å². The minimum atomic E-state index is -0.554. The molecule has 0 bridgehead atoms. The van der Waals surface area contributed by atoms with Crippen molar-refractivity contribution in [1.82, 2.24) is 0 Å². The number of carbonyl (C=O) groups excluding carboxylic acids is 1. The average molecular weight is 286 g/mol. The molecule has 0 aliphatic carbocycles. The molecule has 0 saturated heterocycles. The number of rotatable bonds is 2. The maximum Gasteiger partial charge on any atom is 0.249 e. The summed E-state index contributed by atoms with van der Waals surface area (Å²) in [6.07, 6.45) is 3.18. The fourth-order valence-electron chi connectivity index (χ4n) is 2.68. The topological polar surface area (TPSA) is 46.3 Å². The van der Waals surface area contributed by atoms with Gasteiger partial charge in [-0.15, -0.1) is 11.3 Å². The summed E-state index contributed by atoms with van der Waals surface area (Å²) >= 11 is 1.54. The van der Waals surface area contributed by atoms with E-state index in [0.717, 1.165) is 36.4 Å². The van der Waals surface area contributed by atoms with Crippen LogP contribution in [0.4, 0.5) is 5.69 Å². The maximum atomic E-state index is 12.7. The zero-order chi connectivity index (χ0) is 13.9. The van der Waals surface area contributed by atoms with E-state index in [1.807, 2.05) is 40.6 Å². The van der Waals surface area contributed by atoms with Crippen LogP contribution in [-0.2, 0) is 11.2 Å². The van der Waals surface area contributed by atoms with Gasteiger partial charge in [0.25, 0.3) is 0 Å². The molecular weight excluding hydrogens is 268 g/mol. The van der Waals surface area contributed by atoms with Crippen LogP contribution in [-0.4, -0.2) is 12.5 Å². The first kappa shape index (κ1) is 13.3. The molecule has 3 nitrogen and oxygen atoms in total. The first-order valence-corrected chi connectivity index (χ1v) is 7.83. The number of anilines is 1. The third-order valence-electron chi connectivity index (χ3n) is 3.74. The lowest BCUT2D eigenvalue weighted by Crippen LogP contribution is -2.39. The highest BCUT2D eigenvalue weighted by Crippen LogP contribution is 2.29. The van der Waals surface area contributed by atoms with E-state index in [2.05, 4.69) is 6.07 Å². The minimum absolute atomic E-state index is 0.00167. The van der Waals surface area contributed by atoms with Crippen LogP contribution in [0.5, 0.6) is 0 Å². The number of para-hydroxylation sites is 1. The number of nitrogens with zero attached hydrogens (tertiary/aromatic N) is 1. The van der Waals surface area contributed by atoms with Gasteiger partial charge in [0.1, 0.15) is 6.04 Å². The van der Waals surface area contributed by atoms with E-state index in [1.165, 1.54) is 16.9 Å². The van der Waals surface area contributed by atoms with E-state index in [1.54, 1.807) is 0 Å². The number of carbonyl (C=O) groups is 1. The van der Waals surface area contributed by atoms with Gasteiger partial charge in [-0.3, -0.25) is 4.79 Å². The fourth-order valence-corrected chi connectivity index (χ4v) is 3.40. The smallest absolute Gasteiger partial charge is 0.249 e. The van der Waals surface area contributed by atoms with Gasteiger partial charge in [-0.25, -0.2) is 0 Å². The van der Waals surface area contributed by atoms with Crippen molar-refractivity contribution < 1.29 is 4.79 Å². The van der Waals surface area contributed by atoms with Crippen molar-refractivity contribution in [3.05, 3.63) is 52.2 Å². The third kappa shape index (κ3) is 2.49. The van der Waals surface area contributed by atoms with Crippen molar-refractivity contribution in [2.24, 2.45) is 5.73 Å². The van der Waals surface area contributed by atoms with Crippen molar-refractivity contribution in [2.75, 3.05) is 11.4 Å². The molecule has 1 aliphatic rings. The van der Waals surface area contributed by atoms with Crippen LogP contribution >= 0.6 is 11.3 Å². The Hall–Kier alpha value is -1.65. The molecule has 0 radical (unpaired) electrons. The van der Waals surface area contributed by atoms with Crippen LogP contribution in [0.25, 0.3) is 0 Å². The highest BCUT2D eigenvalue weighted by atomic mass is 32.1. The van der Waals surface area contributed by atoms with Gasteiger partial charge < -0.3 is 10.6 Å². The quantitative estimate of drug-likeness (QED) is 0.922. The third-order valence-corrected chi connectivity index (χ3v) is 4.70. The van der Waals surface area contributed by atoms with Gasteiger partial charge >= 0.3 is 0 Å². The second-order valence-electron chi connectivity index (χ2n) is 5.07. The summed E-state index contributed by atoms with van der Waals surface area (Å²) in [6, 6.07) is 11.5. The SMILES string of the molecule is NC(C(=O)N1CCCCc2ccccc21)c1cccs1. The van der Waals surface area contributed by atoms with E-state index < -0.39 is 6.04 Å². The summed E-state index contributed by atoms with van der Waals surface area (Å²) in [7, 11) is 0. The zero-order valence-corrected chi connectivity index (χ0v) is 12.1. The molecule has 3 rings (SSSR count). The fraction of sp³-hybridized carbons (Fsp3) is 0.312. The largest absolute Gasteiger partial charge is 0.316 e. The van der Waals surface area contributed by atoms with Crippen molar-refractivity contribution in [2.45, 2.75) is 25.3 Å². The van der Waals surface area contributed by atoms with E-state index in [-0.39, 0.29) is 5.91 Å². The van der Waals surface area contributed by atoms with Gasteiger partial charge in [0, 0.05) is 17.1 Å². The Bertz CT molecular complexity index is 594. The molecule has 1 aliphatic heterocycles. The zero-order valence-electron chi connectivity index (χ0n) is 11.3.